The molecule has 1 aromatic carbocycles. The molecule has 0 saturated carbocycles. The third kappa shape index (κ3) is 4.89. The van der Waals surface area contributed by atoms with Gasteiger partial charge in [-0.1, -0.05) is 23.5 Å². The zero-order chi connectivity index (χ0) is 18.6. The number of anilines is 1. The van der Waals surface area contributed by atoms with E-state index in [2.05, 4.69) is 14.1 Å². The monoisotopic (exact) mass is 402 g/mol. The Morgan fingerprint density at radius 3 is 2.76 bits per heavy atom. The minimum atomic E-state index is -4.06. The first-order valence-electron chi connectivity index (χ1n) is 7.08. The van der Waals surface area contributed by atoms with Gasteiger partial charge in [-0.05, 0) is 12.1 Å². The SMILES string of the molecule is COC(=O)c1cc(N)c(SC2=NCCS2)c(S(=O)(=O)/N=C/N(C)C)c1. The highest BCUT2D eigenvalue weighted by molar-refractivity contribution is 8.39. The first-order chi connectivity index (χ1) is 11.7. The van der Waals surface area contributed by atoms with E-state index in [1.54, 1.807) is 14.1 Å². The van der Waals surface area contributed by atoms with Gasteiger partial charge in [-0.15, -0.1) is 4.40 Å². The molecule has 0 unspecified atom stereocenters. The Labute approximate surface area is 155 Å². The minimum Gasteiger partial charge on any atom is -0.465 e. The van der Waals surface area contributed by atoms with Crippen molar-refractivity contribution in [2.45, 2.75) is 9.79 Å². The Bertz CT molecular complexity index is 835. The molecule has 2 rings (SSSR count). The maximum atomic E-state index is 12.7. The summed E-state index contributed by atoms with van der Waals surface area (Å²) in [6.45, 7) is 0.675. The summed E-state index contributed by atoms with van der Waals surface area (Å²) in [6.07, 6.45) is 1.17. The molecule has 0 atom stereocenters. The molecule has 25 heavy (non-hydrogen) atoms. The van der Waals surface area contributed by atoms with Gasteiger partial charge in [0, 0.05) is 25.5 Å². The fourth-order valence-electron chi connectivity index (χ4n) is 1.84. The molecule has 136 valence electrons. The van der Waals surface area contributed by atoms with E-state index >= 15 is 0 Å². The second kappa shape index (κ2) is 8.11. The van der Waals surface area contributed by atoms with Crippen molar-refractivity contribution in [3.8, 4) is 0 Å². The fraction of sp³-hybridized carbons (Fsp3) is 0.357. The lowest BCUT2D eigenvalue weighted by Crippen LogP contribution is -2.12. The van der Waals surface area contributed by atoms with Crippen molar-refractivity contribution >= 4 is 55.9 Å². The van der Waals surface area contributed by atoms with Gasteiger partial charge < -0.3 is 15.4 Å². The fourth-order valence-corrected chi connectivity index (χ4v) is 5.28. The zero-order valence-corrected chi connectivity index (χ0v) is 16.4. The summed E-state index contributed by atoms with van der Waals surface area (Å²) >= 11 is 2.69. The zero-order valence-electron chi connectivity index (χ0n) is 13.9. The molecule has 1 aromatic rings. The number of carbonyl (C=O) groups excluding carboxylic acids is 1. The van der Waals surface area contributed by atoms with Crippen molar-refractivity contribution in [1.82, 2.24) is 4.90 Å². The lowest BCUT2D eigenvalue weighted by atomic mass is 10.2. The molecule has 0 aromatic heterocycles. The van der Waals surface area contributed by atoms with Crippen molar-refractivity contribution in [2.24, 2.45) is 9.39 Å². The summed E-state index contributed by atoms with van der Waals surface area (Å²) in [5, 5.41) is 0. The Kier molecular flexibility index (Phi) is 6.36. The molecule has 1 heterocycles. The van der Waals surface area contributed by atoms with E-state index in [9.17, 15) is 13.2 Å². The second-order valence-electron chi connectivity index (χ2n) is 5.14. The van der Waals surface area contributed by atoms with Crippen LogP contribution < -0.4 is 5.73 Å². The number of nitrogens with two attached hydrogens (primary N) is 1. The van der Waals surface area contributed by atoms with Crippen LogP contribution in [0.1, 0.15) is 10.4 Å². The van der Waals surface area contributed by atoms with Crippen molar-refractivity contribution in [1.29, 1.82) is 0 Å². The number of benzene rings is 1. The normalized spacial score (nSPS) is 14.6. The molecule has 2 N–H and O–H groups in total. The van der Waals surface area contributed by atoms with E-state index in [0.717, 1.165) is 21.9 Å². The molecule has 0 bridgehead atoms. The molecule has 0 spiro atoms. The van der Waals surface area contributed by atoms with E-state index < -0.39 is 16.0 Å². The Hall–Kier alpha value is -1.72. The third-order valence-corrected chi connectivity index (χ3v) is 6.66. The summed E-state index contributed by atoms with van der Waals surface area (Å²) in [5.74, 6) is 0.160. The van der Waals surface area contributed by atoms with Crippen LogP contribution in [0.25, 0.3) is 0 Å². The molecule has 0 saturated heterocycles. The van der Waals surface area contributed by atoms with Crippen LogP contribution >= 0.6 is 23.5 Å². The predicted octanol–water partition coefficient (Wildman–Crippen LogP) is 1.53. The van der Waals surface area contributed by atoms with Gasteiger partial charge >= 0.3 is 5.97 Å². The standard InChI is InChI=1S/C14H18N4O4S3/c1-18(2)8-17-25(20,21)11-7-9(13(19)22-3)6-10(15)12(11)24-14-16-4-5-23-14/h6-8H,4-5,15H2,1-3H3/b17-8+. The highest BCUT2D eigenvalue weighted by Crippen LogP contribution is 2.38. The lowest BCUT2D eigenvalue weighted by Gasteiger charge is -2.12. The smallest absolute Gasteiger partial charge is 0.337 e. The van der Waals surface area contributed by atoms with Crippen LogP contribution in [0.5, 0.6) is 0 Å². The van der Waals surface area contributed by atoms with E-state index in [-0.39, 0.29) is 16.1 Å². The maximum absolute atomic E-state index is 12.7. The van der Waals surface area contributed by atoms with Gasteiger partial charge in [-0.2, -0.15) is 8.42 Å². The minimum absolute atomic E-state index is 0.0454. The molecule has 0 radical (unpaired) electrons. The predicted molar refractivity (Wildman–Crippen MR) is 102 cm³/mol. The van der Waals surface area contributed by atoms with Gasteiger partial charge in [0.05, 0.1) is 24.1 Å². The second-order valence-corrected chi connectivity index (χ2v) is 9.08. The van der Waals surface area contributed by atoms with Crippen molar-refractivity contribution in [3.05, 3.63) is 17.7 Å². The average Bonchev–Trinajstić information content (AvgIpc) is 3.07. The maximum Gasteiger partial charge on any atom is 0.337 e. The first-order valence-corrected chi connectivity index (χ1v) is 10.3. The lowest BCUT2D eigenvalue weighted by molar-refractivity contribution is 0.0600. The summed E-state index contributed by atoms with van der Waals surface area (Å²) < 4.78 is 34.3. The Balaban J connectivity index is 2.59. The van der Waals surface area contributed by atoms with Gasteiger partial charge in [-0.25, -0.2) is 4.79 Å². The number of hydrogen-bond acceptors (Lipinski definition) is 8. The Morgan fingerprint density at radius 1 is 1.48 bits per heavy atom. The number of thioether (sulfide) groups is 2. The van der Waals surface area contributed by atoms with E-state index in [4.69, 9.17) is 5.73 Å². The molecule has 0 amide bonds. The van der Waals surface area contributed by atoms with Gasteiger partial charge in [-0.3, -0.25) is 4.99 Å². The van der Waals surface area contributed by atoms with Crippen LogP contribution in [0.4, 0.5) is 5.69 Å². The number of aliphatic imine (C=N–C) groups is 1. The van der Waals surface area contributed by atoms with Crippen LogP contribution in [0.2, 0.25) is 0 Å². The number of esters is 1. The van der Waals surface area contributed by atoms with Gasteiger partial charge in [0.1, 0.15) is 15.6 Å². The molecule has 0 fully saturated rings. The van der Waals surface area contributed by atoms with Crippen molar-refractivity contribution in [2.75, 3.05) is 39.2 Å². The summed E-state index contributed by atoms with van der Waals surface area (Å²) in [6, 6.07) is 2.62. The molecule has 8 nitrogen and oxygen atoms in total. The highest BCUT2D eigenvalue weighted by Gasteiger charge is 2.25. The van der Waals surface area contributed by atoms with Crippen LogP contribution in [0.3, 0.4) is 0 Å². The number of hydrogen-bond donors (Lipinski definition) is 1. The van der Waals surface area contributed by atoms with E-state index in [0.29, 0.717) is 11.4 Å². The van der Waals surface area contributed by atoms with Crippen LogP contribution in [-0.4, -0.2) is 63.5 Å². The number of nitrogens with zero attached hydrogens (tertiary/aromatic N) is 3. The third-order valence-electron chi connectivity index (χ3n) is 2.95. The number of rotatable bonds is 5. The molecular weight excluding hydrogens is 384 g/mol. The number of nitrogen functional groups attached to an aromatic ring is 1. The average molecular weight is 403 g/mol. The van der Waals surface area contributed by atoms with Gasteiger partial charge in [0.2, 0.25) is 0 Å². The van der Waals surface area contributed by atoms with Crippen LogP contribution in [0, 0.1) is 0 Å². The molecular formula is C14H18N4O4S3. The molecule has 0 aliphatic carbocycles. The van der Waals surface area contributed by atoms with Crippen molar-refractivity contribution in [3.63, 3.8) is 0 Å². The summed E-state index contributed by atoms with van der Waals surface area (Å²) in [4.78, 5) is 17.8. The summed E-state index contributed by atoms with van der Waals surface area (Å²) in [5.41, 5.74) is 6.23. The quantitative estimate of drug-likeness (QED) is 0.341. The van der Waals surface area contributed by atoms with Crippen molar-refractivity contribution < 1.29 is 17.9 Å². The number of carbonyl (C=O) groups is 1. The topological polar surface area (TPSA) is 114 Å². The number of ether oxygens (including phenoxy) is 1. The van der Waals surface area contributed by atoms with E-state index in [1.807, 2.05) is 0 Å². The van der Waals surface area contributed by atoms with Gasteiger partial charge in [0.15, 0.2) is 0 Å². The first kappa shape index (κ1) is 19.6. The largest absolute Gasteiger partial charge is 0.465 e. The van der Waals surface area contributed by atoms with Crippen LogP contribution in [-0.2, 0) is 14.8 Å². The van der Waals surface area contributed by atoms with Gasteiger partial charge in [0.25, 0.3) is 10.0 Å². The summed E-state index contributed by atoms with van der Waals surface area (Å²) in [7, 11) is 0.453. The Morgan fingerprint density at radius 2 is 2.20 bits per heavy atom. The number of sulfonamides is 1. The molecule has 11 heteroatoms. The van der Waals surface area contributed by atoms with Crippen LogP contribution in [0.15, 0.2) is 31.3 Å². The van der Waals surface area contributed by atoms with E-state index in [1.165, 1.54) is 42.2 Å². The molecule has 1 aliphatic rings. The molecule has 1 aliphatic heterocycles. The number of methoxy groups -OCH3 is 1. The highest BCUT2D eigenvalue weighted by atomic mass is 32.2.